The van der Waals surface area contributed by atoms with Gasteiger partial charge >= 0.3 is 0 Å². The Kier molecular flexibility index (Phi) is 2.78. The van der Waals surface area contributed by atoms with Gasteiger partial charge in [0.25, 0.3) is 0 Å². The Morgan fingerprint density at radius 2 is 2.07 bits per heavy atom. The minimum Gasteiger partial charge on any atom is -0.236 e. The molecule has 1 aromatic heterocycles. The fourth-order valence-corrected chi connectivity index (χ4v) is 1.89. The zero-order valence-electron chi connectivity index (χ0n) is 8.87. The number of halogens is 1. The lowest BCUT2D eigenvalue weighted by Gasteiger charge is -2.09. The van der Waals surface area contributed by atoms with Crippen LogP contribution in [0.1, 0.15) is 16.8 Å². The SMILES string of the molecule is Cc1ccc(-n2nccc2CCl)c(C)c1. The predicted octanol–water partition coefficient (Wildman–Crippen LogP) is 3.23. The van der Waals surface area contributed by atoms with Crippen molar-refractivity contribution >= 4 is 11.6 Å². The molecule has 0 saturated heterocycles. The van der Waals surface area contributed by atoms with E-state index in [4.69, 9.17) is 11.6 Å². The van der Waals surface area contributed by atoms with Crippen molar-refractivity contribution in [2.75, 3.05) is 0 Å². The molecule has 0 N–H and O–H groups in total. The zero-order valence-corrected chi connectivity index (χ0v) is 9.62. The monoisotopic (exact) mass is 220 g/mol. The fraction of sp³-hybridized carbons (Fsp3) is 0.250. The van der Waals surface area contributed by atoms with E-state index in [0.29, 0.717) is 5.88 Å². The van der Waals surface area contributed by atoms with E-state index in [0.717, 1.165) is 11.4 Å². The molecule has 1 heterocycles. The Morgan fingerprint density at radius 1 is 1.27 bits per heavy atom. The molecule has 0 spiro atoms. The summed E-state index contributed by atoms with van der Waals surface area (Å²) in [6, 6.07) is 8.25. The molecule has 2 nitrogen and oxygen atoms in total. The van der Waals surface area contributed by atoms with Gasteiger partial charge in [0.05, 0.1) is 17.3 Å². The van der Waals surface area contributed by atoms with Gasteiger partial charge < -0.3 is 0 Å². The Labute approximate surface area is 94.5 Å². The van der Waals surface area contributed by atoms with Crippen LogP contribution in [0.15, 0.2) is 30.5 Å². The summed E-state index contributed by atoms with van der Waals surface area (Å²) in [6.45, 7) is 4.17. The van der Waals surface area contributed by atoms with E-state index < -0.39 is 0 Å². The summed E-state index contributed by atoms with van der Waals surface area (Å²) in [5, 5.41) is 4.28. The maximum Gasteiger partial charge on any atom is 0.0678 e. The number of nitrogens with zero attached hydrogens (tertiary/aromatic N) is 2. The van der Waals surface area contributed by atoms with Crippen molar-refractivity contribution in [1.29, 1.82) is 0 Å². The topological polar surface area (TPSA) is 17.8 Å². The molecule has 78 valence electrons. The van der Waals surface area contributed by atoms with E-state index in [1.165, 1.54) is 11.1 Å². The average molecular weight is 221 g/mol. The molecule has 0 saturated carbocycles. The van der Waals surface area contributed by atoms with Gasteiger partial charge in [0.1, 0.15) is 0 Å². The maximum atomic E-state index is 5.85. The molecular formula is C12H13ClN2. The van der Waals surface area contributed by atoms with Crippen LogP contribution in [0.3, 0.4) is 0 Å². The van der Waals surface area contributed by atoms with Crippen LogP contribution in [0, 0.1) is 13.8 Å². The number of benzene rings is 1. The molecule has 0 aliphatic carbocycles. The first-order valence-corrected chi connectivity index (χ1v) is 5.42. The molecule has 0 aliphatic rings. The zero-order chi connectivity index (χ0) is 10.8. The normalized spacial score (nSPS) is 10.6. The first-order valence-electron chi connectivity index (χ1n) is 4.89. The summed E-state index contributed by atoms with van der Waals surface area (Å²) < 4.78 is 1.89. The number of aromatic nitrogens is 2. The van der Waals surface area contributed by atoms with E-state index in [2.05, 4.69) is 37.1 Å². The number of rotatable bonds is 2. The number of aryl methyl sites for hydroxylation is 2. The van der Waals surface area contributed by atoms with Gasteiger partial charge in [-0.3, -0.25) is 0 Å². The van der Waals surface area contributed by atoms with Crippen LogP contribution < -0.4 is 0 Å². The standard InChI is InChI=1S/C12H13ClN2/c1-9-3-4-12(10(2)7-9)15-11(8-13)5-6-14-15/h3-7H,8H2,1-2H3. The van der Waals surface area contributed by atoms with Gasteiger partial charge in [-0.05, 0) is 31.5 Å². The lowest BCUT2D eigenvalue weighted by Crippen LogP contribution is -2.02. The van der Waals surface area contributed by atoms with Crippen molar-refractivity contribution in [2.45, 2.75) is 19.7 Å². The van der Waals surface area contributed by atoms with Crippen LogP contribution in [0.25, 0.3) is 5.69 Å². The molecule has 2 aromatic rings. The molecule has 0 bridgehead atoms. The van der Waals surface area contributed by atoms with E-state index in [-0.39, 0.29) is 0 Å². The minimum atomic E-state index is 0.479. The van der Waals surface area contributed by atoms with Crippen molar-refractivity contribution < 1.29 is 0 Å². The first kappa shape index (κ1) is 10.2. The second-order valence-corrected chi connectivity index (χ2v) is 3.93. The Morgan fingerprint density at radius 3 is 2.73 bits per heavy atom. The largest absolute Gasteiger partial charge is 0.236 e. The third kappa shape index (κ3) is 1.90. The van der Waals surface area contributed by atoms with Crippen LogP contribution in [0.5, 0.6) is 0 Å². The molecule has 0 fully saturated rings. The van der Waals surface area contributed by atoms with Gasteiger partial charge in [0, 0.05) is 6.20 Å². The highest BCUT2D eigenvalue weighted by atomic mass is 35.5. The maximum absolute atomic E-state index is 5.85. The number of hydrogen-bond donors (Lipinski definition) is 0. The second kappa shape index (κ2) is 4.07. The highest BCUT2D eigenvalue weighted by molar-refractivity contribution is 6.16. The Hall–Kier alpha value is -1.28. The molecule has 0 amide bonds. The summed E-state index contributed by atoms with van der Waals surface area (Å²) in [6.07, 6.45) is 1.77. The van der Waals surface area contributed by atoms with E-state index in [9.17, 15) is 0 Å². The minimum absolute atomic E-state index is 0.479. The lowest BCUT2D eigenvalue weighted by atomic mass is 10.1. The molecule has 15 heavy (non-hydrogen) atoms. The van der Waals surface area contributed by atoms with Crippen molar-refractivity contribution in [3.8, 4) is 5.69 Å². The average Bonchev–Trinajstić information content (AvgIpc) is 2.65. The second-order valence-electron chi connectivity index (χ2n) is 3.66. The third-order valence-electron chi connectivity index (χ3n) is 2.44. The molecule has 0 aliphatic heterocycles. The molecule has 0 radical (unpaired) electrons. The van der Waals surface area contributed by atoms with Crippen molar-refractivity contribution in [2.24, 2.45) is 0 Å². The van der Waals surface area contributed by atoms with Crippen LogP contribution in [0.2, 0.25) is 0 Å². The summed E-state index contributed by atoms with van der Waals surface area (Å²) in [5.41, 5.74) is 4.59. The van der Waals surface area contributed by atoms with Crippen LogP contribution in [0.4, 0.5) is 0 Å². The molecule has 2 rings (SSSR count). The van der Waals surface area contributed by atoms with Crippen molar-refractivity contribution in [1.82, 2.24) is 9.78 Å². The molecule has 1 aromatic carbocycles. The number of alkyl halides is 1. The van der Waals surface area contributed by atoms with E-state index >= 15 is 0 Å². The van der Waals surface area contributed by atoms with Crippen molar-refractivity contribution in [3.63, 3.8) is 0 Å². The van der Waals surface area contributed by atoms with Crippen LogP contribution in [-0.4, -0.2) is 9.78 Å². The van der Waals surface area contributed by atoms with Gasteiger partial charge in [0.15, 0.2) is 0 Å². The van der Waals surface area contributed by atoms with E-state index in [1.807, 2.05) is 10.7 Å². The van der Waals surface area contributed by atoms with Gasteiger partial charge in [-0.2, -0.15) is 5.10 Å². The van der Waals surface area contributed by atoms with Gasteiger partial charge in [-0.25, -0.2) is 4.68 Å². The third-order valence-corrected chi connectivity index (χ3v) is 2.71. The molecule has 3 heteroatoms. The van der Waals surface area contributed by atoms with Crippen LogP contribution in [-0.2, 0) is 5.88 Å². The summed E-state index contributed by atoms with van der Waals surface area (Å²) in [7, 11) is 0. The molecular weight excluding hydrogens is 208 g/mol. The Balaban J connectivity index is 2.54. The quantitative estimate of drug-likeness (QED) is 0.711. The smallest absolute Gasteiger partial charge is 0.0678 e. The van der Waals surface area contributed by atoms with Crippen molar-refractivity contribution in [3.05, 3.63) is 47.3 Å². The first-order chi connectivity index (χ1) is 7.22. The summed E-state index contributed by atoms with van der Waals surface area (Å²) in [5.74, 6) is 0.479. The fourth-order valence-electron chi connectivity index (χ4n) is 1.69. The van der Waals surface area contributed by atoms with E-state index in [1.54, 1.807) is 6.20 Å². The van der Waals surface area contributed by atoms with Gasteiger partial charge in [0.2, 0.25) is 0 Å². The molecule has 0 atom stereocenters. The number of hydrogen-bond acceptors (Lipinski definition) is 1. The van der Waals surface area contributed by atoms with Gasteiger partial charge in [-0.15, -0.1) is 11.6 Å². The predicted molar refractivity (Wildman–Crippen MR) is 62.6 cm³/mol. The van der Waals surface area contributed by atoms with Crippen LogP contribution >= 0.6 is 11.6 Å². The summed E-state index contributed by atoms with van der Waals surface area (Å²) >= 11 is 5.85. The van der Waals surface area contributed by atoms with Gasteiger partial charge in [-0.1, -0.05) is 17.7 Å². The summed E-state index contributed by atoms with van der Waals surface area (Å²) in [4.78, 5) is 0. The highest BCUT2D eigenvalue weighted by Gasteiger charge is 2.06. The highest BCUT2D eigenvalue weighted by Crippen LogP contribution is 2.17. The molecule has 0 unspecified atom stereocenters. The lowest BCUT2D eigenvalue weighted by molar-refractivity contribution is 0.833. The Bertz CT molecular complexity index is 474.